The van der Waals surface area contributed by atoms with E-state index in [0.29, 0.717) is 18.0 Å². The lowest BCUT2D eigenvalue weighted by molar-refractivity contribution is -0.928. The fourth-order valence-electron chi connectivity index (χ4n) is 4.76. The van der Waals surface area contributed by atoms with Crippen molar-refractivity contribution in [3.63, 3.8) is 0 Å². The molecule has 0 spiro atoms. The minimum atomic E-state index is -3.43. The van der Waals surface area contributed by atoms with E-state index < -0.39 is 10.0 Å². The average Bonchev–Trinajstić information content (AvgIpc) is 3.09. The molecule has 1 saturated heterocycles. The lowest BCUT2D eigenvalue weighted by atomic mass is 10.0. The Hall–Kier alpha value is -2.47. The van der Waals surface area contributed by atoms with Crippen LogP contribution in [0.3, 0.4) is 0 Å². The molecule has 3 aromatic rings. The summed E-state index contributed by atoms with van der Waals surface area (Å²) in [5.41, 5.74) is 6.42. The van der Waals surface area contributed by atoms with Crippen LogP contribution in [-0.4, -0.2) is 38.9 Å². The van der Waals surface area contributed by atoms with Crippen molar-refractivity contribution < 1.29 is 13.3 Å². The first-order valence-corrected chi connectivity index (χ1v) is 11.6. The summed E-state index contributed by atoms with van der Waals surface area (Å²) in [6, 6.07) is 24.7. The SMILES string of the molecule is Cc1ccc(S(=O)(=O)N2CC[NH+](C3c4ccccc4-c4ccccc43)CC2)cc1. The van der Waals surface area contributed by atoms with Crippen molar-refractivity contribution in [3.8, 4) is 11.1 Å². The molecule has 0 amide bonds. The van der Waals surface area contributed by atoms with Gasteiger partial charge in [-0.15, -0.1) is 0 Å². The van der Waals surface area contributed by atoms with Crippen molar-refractivity contribution in [2.45, 2.75) is 17.9 Å². The van der Waals surface area contributed by atoms with Crippen LogP contribution in [0, 0.1) is 6.92 Å². The van der Waals surface area contributed by atoms with Gasteiger partial charge in [0.05, 0.1) is 31.1 Å². The largest absolute Gasteiger partial charge is 0.323 e. The monoisotopic (exact) mass is 405 g/mol. The quantitative estimate of drug-likeness (QED) is 0.728. The van der Waals surface area contributed by atoms with Gasteiger partial charge in [0.25, 0.3) is 0 Å². The van der Waals surface area contributed by atoms with Gasteiger partial charge in [0.15, 0.2) is 0 Å². The van der Waals surface area contributed by atoms with E-state index in [0.717, 1.165) is 18.7 Å². The zero-order chi connectivity index (χ0) is 20.0. The summed E-state index contributed by atoms with van der Waals surface area (Å²) in [6.07, 6.45) is 0. The number of aryl methyl sites for hydroxylation is 1. The second-order valence-corrected chi connectivity index (χ2v) is 9.92. The fourth-order valence-corrected chi connectivity index (χ4v) is 6.20. The number of sulfonamides is 1. The van der Waals surface area contributed by atoms with Gasteiger partial charge in [-0.25, -0.2) is 8.42 Å². The van der Waals surface area contributed by atoms with Crippen LogP contribution in [0.2, 0.25) is 0 Å². The first-order chi connectivity index (χ1) is 14.1. The number of fused-ring (bicyclic) bond motifs is 3. The lowest BCUT2D eigenvalue weighted by Crippen LogP contribution is -3.15. The number of benzene rings is 3. The molecule has 0 bridgehead atoms. The maximum atomic E-state index is 13.0. The van der Waals surface area contributed by atoms with Crippen LogP contribution in [0.15, 0.2) is 77.7 Å². The Morgan fingerprint density at radius 3 is 1.86 bits per heavy atom. The Bertz CT molecular complexity index is 1100. The number of nitrogens with zero attached hydrogens (tertiary/aromatic N) is 1. The Kier molecular flexibility index (Phi) is 4.54. The Morgan fingerprint density at radius 1 is 0.793 bits per heavy atom. The van der Waals surface area contributed by atoms with Crippen LogP contribution in [0.4, 0.5) is 0 Å². The number of piperazine rings is 1. The van der Waals surface area contributed by atoms with Gasteiger partial charge in [-0.3, -0.25) is 0 Å². The molecule has 1 heterocycles. The number of rotatable bonds is 3. The summed E-state index contributed by atoms with van der Waals surface area (Å²) in [6.45, 7) is 4.67. The molecule has 0 aromatic heterocycles. The third kappa shape index (κ3) is 3.10. The Balaban J connectivity index is 1.39. The summed E-state index contributed by atoms with van der Waals surface area (Å²) in [7, 11) is -3.43. The van der Waals surface area contributed by atoms with E-state index in [1.807, 2.05) is 19.1 Å². The molecule has 29 heavy (non-hydrogen) atoms. The van der Waals surface area contributed by atoms with E-state index in [2.05, 4.69) is 48.5 Å². The number of hydrogen-bond acceptors (Lipinski definition) is 2. The number of hydrogen-bond donors (Lipinski definition) is 1. The summed E-state index contributed by atoms with van der Waals surface area (Å²) in [4.78, 5) is 1.83. The first-order valence-electron chi connectivity index (χ1n) is 10.2. The molecular weight excluding hydrogens is 380 g/mol. The zero-order valence-electron chi connectivity index (χ0n) is 16.5. The van der Waals surface area contributed by atoms with Crippen LogP contribution in [-0.2, 0) is 10.0 Å². The van der Waals surface area contributed by atoms with Crippen LogP contribution in [0.5, 0.6) is 0 Å². The maximum Gasteiger partial charge on any atom is 0.243 e. The molecule has 0 radical (unpaired) electrons. The van der Waals surface area contributed by atoms with Crippen molar-refractivity contribution in [2.24, 2.45) is 0 Å². The molecule has 4 nitrogen and oxygen atoms in total. The van der Waals surface area contributed by atoms with Gasteiger partial charge in [-0.05, 0) is 30.2 Å². The molecule has 1 N–H and O–H groups in total. The van der Waals surface area contributed by atoms with Gasteiger partial charge < -0.3 is 4.90 Å². The van der Waals surface area contributed by atoms with E-state index in [9.17, 15) is 8.42 Å². The minimum Gasteiger partial charge on any atom is -0.323 e. The van der Waals surface area contributed by atoms with Crippen molar-refractivity contribution >= 4 is 10.0 Å². The minimum absolute atomic E-state index is 0.284. The summed E-state index contributed by atoms with van der Waals surface area (Å²) < 4.78 is 27.7. The molecule has 0 unspecified atom stereocenters. The molecule has 1 fully saturated rings. The van der Waals surface area contributed by atoms with E-state index >= 15 is 0 Å². The normalized spacial score (nSPS) is 17.8. The van der Waals surface area contributed by atoms with Crippen molar-refractivity contribution in [2.75, 3.05) is 26.2 Å². The smallest absolute Gasteiger partial charge is 0.243 e. The molecule has 1 aliphatic carbocycles. The molecule has 0 saturated carbocycles. The van der Waals surface area contributed by atoms with E-state index in [1.54, 1.807) is 16.4 Å². The second kappa shape index (κ2) is 7.10. The van der Waals surface area contributed by atoms with E-state index in [1.165, 1.54) is 27.2 Å². The predicted molar refractivity (Wildman–Crippen MR) is 114 cm³/mol. The van der Waals surface area contributed by atoms with E-state index in [4.69, 9.17) is 0 Å². The highest BCUT2D eigenvalue weighted by Gasteiger charge is 2.39. The molecule has 5 rings (SSSR count). The third-order valence-corrected chi connectivity index (χ3v) is 8.18. The second-order valence-electron chi connectivity index (χ2n) is 7.98. The van der Waals surface area contributed by atoms with Crippen molar-refractivity contribution in [1.82, 2.24) is 4.31 Å². The maximum absolute atomic E-state index is 13.0. The lowest BCUT2D eigenvalue weighted by Gasteiger charge is -2.35. The van der Waals surface area contributed by atoms with Gasteiger partial charge in [0, 0.05) is 11.1 Å². The standard InChI is InChI=1S/C24H24N2O2S/c1-18-10-12-19(13-11-18)29(27,28)26-16-14-25(15-17-26)24-22-8-4-2-6-20(22)21-7-3-5-9-23(21)24/h2-13,24H,14-17H2,1H3/p+1. The molecule has 5 heteroatoms. The highest BCUT2D eigenvalue weighted by Crippen LogP contribution is 2.41. The zero-order valence-corrected chi connectivity index (χ0v) is 17.3. The van der Waals surface area contributed by atoms with Crippen LogP contribution >= 0.6 is 0 Å². The fraction of sp³-hybridized carbons (Fsp3) is 0.250. The van der Waals surface area contributed by atoms with Crippen molar-refractivity contribution in [3.05, 3.63) is 89.5 Å². The number of quaternary nitrogens is 1. The van der Waals surface area contributed by atoms with Crippen molar-refractivity contribution in [1.29, 1.82) is 0 Å². The highest BCUT2D eigenvalue weighted by molar-refractivity contribution is 7.89. The van der Waals surface area contributed by atoms with Gasteiger partial charge in [-0.1, -0.05) is 66.2 Å². The topological polar surface area (TPSA) is 41.8 Å². The molecular formula is C24H25N2O2S+. The first kappa shape index (κ1) is 18.6. The third-order valence-electron chi connectivity index (χ3n) is 6.27. The van der Waals surface area contributed by atoms with Gasteiger partial charge in [0.2, 0.25) is 10.0 Å². The Labute approximate surface area is 172 Å². The number of nitrogens with one attached hydrogen (secondary N) is 1. The average molecular weight is 406 g/mol. The molecule has 0 atom stereocenters. The van der Waals surface area contributed by atoms with Crippen LogP contribution < -0.4 is 4.90 Å². The predicted octanol–water partition coefficient (Wildman–Crippen LogP) is 2.65. The molecule has 148 valence electrons. The molecule has 2 aliphatic rings. The van der Waals surface area contributed by atoms with Crippen LogP contribution in [0.1, 0.15) is 22.7 Å². The van der Waals surface area contributed by atoms with Gasteiger partial charge in [0.1, 0.15) is 6.04 Å². The van der Waals surface area contributed by atoms with Gasteiger partial charge >= 0.3 is 0 Å². The summed E-state index contributed by atoms with van der Waals surface area (Å²) in [5, 5.41) is 0. The summed E-state index contributed by atoms with van der Waals surface area (Å²) >= 11 is 0. The van der Waals surface area contributed by atoms with E-state index in [-0.39, 0.29) is 6.04 Å². The Morgan fingerprint density at radius 2 is 1.31 bits per heavy atom. The summed E-state index contributed by atoms with van der Waals surface area (Å²) in [5.74, 6) is 0. The molecule has 1 aliphatic heterocycles. The molecule has 3 aromatic carbocycles. The van der Waals surface area contributed by atoms with Gasteiger partial charge in [-0.2, -0.15) is 4.31 Å². The highest BCUT2D eigenvalue weighted by atomic mass is 32.2. The van der Waals surface area contributed by atoms with Crippen LogP contribution in [0.25, 0.3) is 11.1 Å².